The van der Waals surface area contributed by atoms with Crippen molar-refractivity contribution in [2.75, 3.05) is 0 Å². The molecule has 0 fully saturated rings. The van der Waals surface area contributed by atoms with Crippen molar-refractivity contribution >= 4 is 39.7 Å². The molecule has 1 heterocycles. The molecule has 3 nitrogen and oxygen atoms in total. The van der Waals surface area contributed by atoms with E-state index < -0.39 is 0 Å². The Morgan fingerprint density at radius 3 is 2.80 bits per heavy atom. The fraction of sp³-hybridized carbons (Fsp3) is 0.0667. The van der Waals surface area contributed by atoms with Crippen LogP contribution >= 0.6 is 23.8 Å². The number of fused-ring (bicyclic) bond motifs is 1. The second-order valence-electron chi connectivity index (χ2n) is 4.53. The van der Waals surface area contributed by atoms with Gasteiger partial charge in [0.25, 0.3) is 0 Å². The molecule has 0 spiro atoms. The molecule has 20 heavy (non-hydrogen) atoms. The molecule has 0 unspecified atom stereocenters. The van der Waals surface area contributed by atoms with Gasteiger partial charge in [0.2, 0.25) is 0 Å². The molecular formula is C15H12ClN3S. The minimum Gasteiger partial charge on any atom is -0.389 e. The van der Waals surface area contributed by atoms with E-state index in [9.17, 15) is 0 Å². The summed E-state index contributed by atoms with van der Waals surface area (Å²) in [4.78, 5) is 0.350. The van der Waals surface area contributed by atoms with Gasteiger partial charge in [-0.2, -0.15) is 5.10 Å². The third kappa shape index (κ3) is 2.40. The zero-order valence-corrected chi connectivity index (χ0v) is 12.2. The lowest BCUT2D eigenvalue weighted by molar-refractivity contribution is 0.712. The zero-order valence-electron chi connectivity index (χ0n) is 10.6. The maximum Gasteiger partial charge on any atom is 0.104 e. The van der Waals surface area contributed by atoms with Gasteiger partial charge >= 0.3 is 0 Å². The lowest BCUT2D eigenvalue weighted by atomic mass is 10.1. The molecular weight excluding hydrogens is 290 g/mol. The van der Waals surface area contributed by atoms with E-state index in [2.05, 4.69) is 5.10 Å². The Labute approximate surface area is 127 Å². The molecule has 100 valence electrons. The summed E-state index contributed by atoms with van der Waals surface area (Å²) in [7, 11) is 0. The van der Waals surface area contributed by atoms with Crippen molar-refractivity contribution < 1.29 is 0 Å². The number of rotatable bonds is 3. The molecule has 0 amide bonds. The molecule has 3 rings (SSSR count). The number of nitrogens with two attached hydrogens (primary N) is 1. The molecule has 2 aromatic carbocycles. The van der Waals surface area contributed by atoms with Crippen LogP contribution < -0.4 is 5.73 Å². The van der Waals surface area contributed by atoms with Gasteiger partial charge in [0.15, 0.2) is 0 Å². The van der Waals surface area contributed by atoms with E-state index in [1.807, 2.05) is 47.3 Å². The van der Waals surface area contributed by atoms with E-state index >= 15 is 0 Å². The Morgan fingerprint density at radius 1 is 1.25 bits per heavy atom. The topological polar surface area (TPSA) is 43.8 Å². The lowest BCUT2D eigenvalue weighted by Crippen LogP contribution is -2.10. The summed E-state index contributed by atoms with van der Waals surface area (Å²) in [5.41, 5.74) is 8.45. The summed E-state index contributed by atoms with van der Waals surface area (Å²) in [5, 5.41) is 6.16. The second-order valence-corrected chi connectivity index (χ2v) is 5.38. The van der Waals surface area contributed by atoms with Gasteiger partial charge in [-0.1, -0.05) is 54.2 Å². The first-order valence-corrected chi connectivity index (χ1v) is 6.92. The predicted molar refractivity (Wildman–Crippen MR) is 86.2 cm³/mol. The normalized spacial score (nSPS) is 10.8. The molecule has 0 bridgehead atoms. The summed E-state index contributed by atoms with van der Waals surface area (Å²) in [6.45, 7) is 0.615. The van der Waals surface area contributed by atoms with Gasteiger partial charge in [0.1, 0.15) is 4.99 Å². The Balaban J connectivity index is 1.97. The first-order chi connectivity index (χ1) is 9.65. The van der Waals surface area contributed by atoms with Gasteiger partial charge < -0.3 is 5.73 Å². The molecule has 0 aliphatic heterocycles. The molecule has 0 atom stereocenters. The number of aromatic nitrogens is 2. The lowest BCUT2D eigenvalue weighted by Gasteiger charge is -2.08. The summed E-state index contributed by atoms with van der Waals surface area (Å²) in [5.74, 6) is 0. The monoisotopic (exact) mass is 301 g/mol. The highest BCUT2D eigenvalue weighted by molar-refractivity contribution is 7.80. The Morgan fingerprint density at radius 2 is 2.05 bits per heavy atom. The molecule has 0 saturated carbocycles. The number of nitrogens with zero attached hydrogens (tertiary/aromatic N) is 2. The average Bonchev–Trinajstić information content (AvgIpc) is 2.84. The van der Waals surface area contributed by atoms with Gasteiger partial charge in [-0.05, 0) is 17.7 Å². The summed E-state index contributed by atoms with van der Waals surface area (Å²) >= 11 is 11.2. The van der Waals surface area contributed by atoms with Gasteiger partial charge in [-0.25, -0.2) is 0 Å². The van der Waals surface area contributed by atoms with Crippen molar-refractivity contribution in [1.82, 2.24) is 9.78 Å². The third-order valence-corrected chi connectivity index (χ3v) is 3.80. The molecule has 0 radical (unpaired) electrons. The molecule has 2 N–H and O–H groups in total. The maximum atomic E-state index is 6.29. The number of thiocarbonyl (C=S) groups is 1. The fourth-order valence-electron chi connectivity index (χ4n) is 2.14. The smallest absolute Gasteiger partial charge is 0.104 e. The van der Waals surface area contributed by atoms with Crippen LogP contribution in [0.15, 0.2) is 48.7 Å². The van der Waals surface area contributed by atoms with Crippen molar-refractivity contribution in [1.29, 1.82) is 0 Å². The maximum absolute atomic E-state index is 6.29. The SMILES string of the molecule is NC(=S)c1ccc(Cn2ncc3ccccc32)c(Cl)c1. The van der Waals surface area contributed by atoms with Crippen LogP contribution in [0.2, 0.25) is 5.02 Å². The highest BCUT2D eigenvalue weighted by atomic mass is 35.5. The number of hydrogen-bond acceptors (Lipinski definition) is 2. The highest BCUT2D eigenvalue weighted by Crippen LogP contribution is 2.21. The number of para-hydroxylation sites is 1. The van der Waals surface area contributed by atoms with Crippen molar-refractivity contribution in [3.63, 3.8) is 0 Å². The predicted octanol–water partition coefficient (Wildman–Crippen LogP) is 3.37. The van der Waals surface area contributed by atoms with E-state index in [1.54, 1.807) is 6.07 Å². The highest BCUT2D eigenvalue weighted by Gasteiger charge is 2.07. The molecule has 3 aromatic rings. The Bertz CT molecular complexity index is 795. The van der Waals surface area contributed by atoms with Crippen LogP contribution in [0.4, 0.5) is 0 Å². The van der Waals surface area contributed by atoms with Gasteiger partial charge in [-0.15, -0.1) is 0 Å². The van der Waals surface area contributed by atoms with Crippen LogP contribution in [-0.4, -0.2) is 14.8 Å². The van der Waals surface area contributed by atoms with Gasteiger partial charge in [0, 0.05) is 16.0 Å². The first kappa shape index (κ1) is 13.1. The van der Waals surface area contributed by atoms with Crippen molar-refractivity contribution in [3.05, 3.63) is 64.8 Å². The van der Waals surface area contributed by atoms with Gasteiger partial charge in [-0.3, -0.25) is 4.68 Å². The van der Waals surface area contributed by atoms with Crippen LogP contribution in [-0.2, 0) is 6.54 Å². The summed E-state index contributed by atoms with van der Waals surface area (Å²) in [6.07, 6.45) is 1.85. The fourth-order valence-corrected chi connectivity index (χ4v) is 2.51. The van der Waals surface area contributed by atoms with Crippen LogP contribution in [0.5, 0.6) is 0 Å². The standard InChI is InChI=1S/C15H12ClN3S/c16-13-7-10(15(17)20)5-6-12(13)9-19-14-4-2-1-3-11(14)8-18-19/h1-8H,9H2,(H2,17,20). The molecule has 0 saturated heterocycles. The molecule has 0 aliphatic carbocycles. The van der Waals surface area contributed by atoms with Crippen molar-refractivity contribution in [3.8, 4) is 0 Å². The quantitative estimate of drug-likeness (QED) is 0.754. The summed E-state index contributed by atoms with van der Waals surface area (Å²) < 4.78 is 1.93. The van der Waals surface area contributed by atoms with Gasteiger partial charge in [0.05, 0.1) is 18.3 Å². The Hall–Kier alpha value is -1.91. The van der Waals surface area contributed by atoms with E-state index in [4.69, 9.17) is 29.6 Å². The third-order valence-electron chi connectivity index (χ3n) is 3.21. The molecule has 5 heteroatoms. The average molecular weight is 302 g/mol. The van der Waals surface area contributed by atoms with E-state index in [0.29, 0.717) is 16.6 Å². The first-order valence-electron chi connectivity index (χ1n) is 6.14. The summed E-state index contributed by atoms with van der Waals surface area (Å²) in [6, 6.07) is 13.7. The van der Waals surface area contributed by atoms with Crippen LogP contribution in [0.25, 0.3) is 10.9 Å². The van der Waals surface area contributed by atoms with Crippen molar-refractivity contribution in [2.24, 2.45) is 5.73 Å². The van der Waals surface area contributed by atoms with Crippen LogP contribution in [0, 0.1) is 0 Å². The van der Waals surface area contributed by atoms with E-state index in [0.717, 1.165) is 22.0 Å². The molecule has 0 aliphatic rings. The van der Waals surface area contributed by atoms with Crippen molar-refractivity contribution in [2.45, 2.75) is 6.54 Å². The second kappa shape index (κ2) is 5.23. The van der Waals surface area contributed by atoms with E-state index in [-0.39, 0.29) is 0 Å². The number of halogens is 1. The van der Waals surface area contributed by atoms with Crippen LogP contribution in [0.3, 0.4) is 0 Å². The minimum absolute atomic E-state index is 0.350. The van der Waals surface area contributed by atoms with E-state index in [1.165, 1.54) is 0 Å². The Kier molecular flexibility index (Phi) is 3.42. The zero-order chi connectivity index (χ0) is 14.1. The molecule has 1 aromatic heterocycles. The number of hydrogen-bond donors (Lipinski definition) is 1. The largest absolute Gasteiger partial charge is 0.389 e. The minimum atomic E-state index is 0.350. The number of benzene rings is 2. The van der Waals surface area contributed by atoms with Crippen LogP contribution in [0.1, 0.15) is 11.1 Å².